The van der Waals surface area contributed by atoms with E-state index in [1.54, 1.807) is 0 Å². The molecule has 0 bridgehead atoms. The number of esters is 1. The molecule has 0 aromatic heterocycles. The Morgan fingerprint density at radius 1 is 1.00 bits per heavy atom. The second kappa shape index (κ2) is 11.4. The van der Waals surface area contributed by atoms with E-state index in [1.807, 2.05) is 58.0 Å². The zero-order chi connectivity index (χ0) is 21.3. The van der Waals surface area contributed by atoms with Gasteiger partial charge in [0.2, 0.25) is 11.8 Å². The van der Waals surface area contributed by atoms with E-state index in [-0.39, 0.29) is 17.7 Å². The van der Waals surface area contributed by atoms with Crippen LogP contribution in [0.15, 0.2) is 30.3 Å². The van der Waals surface area contributed by atoms with Gasteiger partial charge in [-0.3, -0.25) is 9.59 Å². The van der Waals surface area contributed by atoms with Crippen LogP contribution in [0.5, 0.6) is 0 Å². The third-order valence-corrected chi connectivity index (χ3v) is 4.39. The number of amides is 2. The minimum absolute atomic E-state index is 0.176. The zero-order valence-electron chi connectivity index (χ0n) is 17.4. The number of hydrogen-bond donors (Lipinski definition) is 3. The molecule has 156 valence electrons. The molecule has 0 aliphatic carbocycles. The molecular weight excluding hydrogens is 358 g/mol. The second-order valence-corrected chi connectivity index (χ2v) is 7.74. The number of nitrogens with two attached hydrogens (primary N) is 1. The predicted molar refractivity (Wildman–Crippen MR) is 108 cm³/mol. The summed E-state index contributed by atoms with van der Waals surface area (Å²) < 4.78 is 4.83. The predicted octanol–water partition coefficient (Wildman–Crippen LogP) is 1.40. The average Bonchev–Trinajstić information content (AvgIpc) is 2.64. The largest absolute Gasteiger partial charge is 0.467 e. The van der Waals surface area contributed by atoms with Crippen molar-refractivity contribution in [1.82, 2.24) is 10.6 Å². The van der Waals surface area contributed by atoms with E-state index in [9.17, 15) is 14.4 Å². The van der Waals surface area contributed by atoms with Crippen molar-refractivity contribution in [2.75, 3.05) is 7.11 Å². The smallest absolute Gasteiger partial charge is 0.328 e. The Kier molecular flexibility index (Phi) is 9.65. The number of nitrogens with one attached hydrogen (secondary N) is 2. The maximum absolute atomic E-state index is 12.8. The Labute approximate surface area is 167 Å². The van der Waals surface area contributed by atoms with Crippen LogP contribution in [0, 0.1) is 11.8 Å². The molecule has 0 saturated heterocycles. The van der Waals surface area contributed by atoms with Crippen molar-refractivity contribution < 1.29 is 19.1 Å². The zero-order valence-corrected chi connectivity index (χ0v) is 17.4. The number of methoxy groups -OCH3 is 1. The van der Waals surface area contributed by atoms with Crippen LogP contribution in [-0.2, 0) is 25.5 Å². The highest BCUT2D eigenvalue weighted by Crippen LogP contribution is 2.09. The molecular formula is C21H33N3O4. The molecule has 0 spiro atoms. The number of carbonyl (C=O) groups is 3. The van der Waals surface area contributed by atoms with E-state index < -0.39 is 30.0 Å². The first-order valence-corrected chi connectivity index (χ1v) is 9.63. The molecule has 0 saturated carbocycles. The van der Waals surface area contributed by atoms with Crippen molar-refractivity contribution in [2.45, 2.75) is 58.7 Å². The average molecular weight is 392 g/mol. The van der Waals surface area contributed by atoms with Crippen LogP contribution in [0.2, 0.25) is 0 Å². The molecule has 1 aromatic carbocycles. The molecule has 4 N–H and O–H groups in total. The van der Waals surface area contributed by atoms with E-state index in [0.717, 1.165) is 5.56 Å². The van der Waals surface area contributed by atoms with Gasteiger partial charge in [0.25, 0.3) is 0 Å². The van der Waals surface area contributed by atoms with Crippen LogP contribution in [-0.4, -0.2) is 43.0 Å². The molecule has 1 rings (SSSR count). The fourth-order valence-electron chi connectivity index (χ4n) is 2.86. The number of benzene rings is 1. The molecule has 3 atom stereocenters. The second-order valence-electron chi connectivity index (χ2n) is 7.74. The van der Waals surface area contributed by atoms with Gasteiger partial charge in [-0.1, -0.05) is 58.0 Å². The number of ether oxygens (including phenoxy) is 1. The van der Waals surface area contributed by atoms with Crippen molar-refractivity contribution in [1.29, 1.82) is 0 Å². The third-order valence-electron chi connectivity index (χ3n) is 4.39. The summed E-state index contributed by atoms with van der Waals surface area (Å²) in [7, 11) is 1.28. The van der Waals surface area contributed by atoms with Gasteiger partial charge in [0.1, 0.15) is 12.1 Å². The van der Waals surface area contributed by atoms with Crippen molar-refractivity contribution >= 4 is 17.8 Å². The maximum Gasteiger partial charge on any atom is 0.328 e. The standard InChI is InChI=1S/C21H33N3O4/c1-13(2)11-16(22)19(25)24-18(14(3)4)20(26)23-17(21(27)28-5)12-15-9-7-6-8-10-15/h6-10,13-14,16-18H,11-12,22H2,1-5H3,(H,23,26)(H,24,25)/t16-,17-,18-/m0/s1. The van der Waals surface area contributed by atoms with Crippen molar-refractivity contribution in [2.24, 2.45) is 17.6 Å². The van der Waals surface area contributed by atoms with Gasteiger partial charge in [0, 0.05) is 6.42 Å². The number of hydrogen-bond acceptors (Lipinski definition) is 5. The van der Waals surface area contributed by atoms with Crippen LogP contribution in [0.25, 0.3) is 0 Å². The van der Waals surface area contributed by atoms with Crippen LogP contribution in [0.4, 0.5) is 0 Å². The van der Waals surface area contributed by atoms with E-state index >= 15 is 0 Å². The highest BCUT2D eigenvalue weighted by atomic mass is 16.5. The van der Waals surface area contributed by atoms with Crippen molar-refractivity contribution in [3.63, 3.8) is 0 Å². The summed E-state index contributed by atoms with van der Waals surface area (Å²) in [5.74, 6) is -1.26. The summed E-state index contributed by atoms with van der Waals surface area (Å²) in [6.45, 7) is 7.60. The molecule has 7 nitrogen and oxygen atoms in total. The summed E-state index contributed by atoms with van der Waals surface area (Å²) in [4.78, 5) is 37.3. The quantitative estimate of drug-likeness (QED) is 0.522. The first-order chi connectivity index (χ1) is 13.1. The van der Waals surface area contributed by atoms with E-state index in [1.165, 1.54) is 7.11 Å². The first kappa shape index (κ1) is 23.6. The van der Waals surface area contributed by atoms with Gasteiger partial charge in [-0.05, 0) is 23.8 Å². The van der Waals surface area contributed by atoms with Crippen LogP contribution in [0.3, 0.4) is 0 Å². The summed E-state index contributed by atoms with van der Waals surface area (Å²) in [5.41, 5.74) is 6.81. The summed E-state index contributed by atoms with van der Waals surface area (Å²) >= 11 is 0. The third kappa shape index (κ3) is 7.68. The van der Waals surface area contributed by atoms with Crippen LogP contribution < -0.4 is 16.4 Å². The maximum atomic E-state index is 12.8. The Morgan fingerprint density at radius 2 is 1.61 bits per heavy atom. The molecule has 7 heteroatoms. The topological polar surface area (TPSA) is 111 Å². The van der Waals surface area contributed by atoms with Crippen molar-refractivity contribution in [3.05, 3.63) is 35.9 Å². The fourth-order valence-corrected chi connectivity index (χ4v) is 2.86. The lowest BCUT2D eigenvalue weighted by Crippen LogP contribution is -2.56. The summed E-state index contributed by atoms with van der Waals surface area (Å²) in [6, 6.07) is 7.01. The van der Waals surface area contributed by atoms with E-state index in [0.29, 0.717) is 12.8 Å². The van der Waals surface area contributed by atoms with Crippen molar-refractivity contribution in [3.8, 4) is 0 Å². The Bertz CT molecular complexity index is 646. The molecule has 0 heterocycles. The fraction of sp³-hybridized carbons (Fsp3) is 0.571. The first-order valence-electron chi connectivity index (χ1n) is 9.63. The van der Waals surface area contributed by atoms with Gasteiger partial charge in [-0.25, -0.2) is 4.79 Å². The summed E-state index contributed by atoms with van der Waals surface area (Å²) in [5, 5.41) is 5.43. The molecule has 0 fully saturated rings. The molecule has 0 unspecified atom stereocenters. The van der Waals surface area contributed by atoms with Gasteiger partial charge >= 0.3 is 5.97 Å². The van der Waals surface area contributed by atoms with Crippen LogP contribution >= 0.6 is 0 Å². The summed E-state index contributed by atoms with van der Waals surface area (Å²) in [6.07, 6.45) is 0.821. The molecule has 28 heavy (non-hydrogen) atoms. The molecule has 2 amide bonds. The number of rotatable bonds is 10. The van der Waals surface area contributed by atoms with E-state index in [2.05, 4.69) is 10.6 Å². The Hall–Kier alpha value is -2.41. The van der Waals surface area contributed by atoms with Gasteiger partial charge in [-0.15, -0.1) is 0 Å². The molecule has 0 radical (unpaired) electrons. The lowest BCUT2D eigenvalue weighted by molar-refractivity contribution is -0.145. The minimum atomic E-state index is -0.845. The monoisotopic (exact) mass is 391 g/mol. The lowest BCUT2D eigenvalue weighted by atomic mass is 9.99. The van der Waals surface area contributed by atoms with Gasteiger partial charge < -0.3 is 21.1 Å². The van der Waals surface area contributed by atoms with Crippen LogP contribution in [0.1, 0.15) is 39.7 Å². The molecule has 1 aromatic rings. The number of carbonyl (C=O) groups excluding carboxylic acids is 3. The molecule has 0 aliphatic rings. The normalized spacial score (nSPS) is 14.3. The van der Waals surface area contributed by atoms with E-state index in [4.69, 9.17) is 10.5 Å². The SMILES string of the molecule is COC(=O)[C@H](Cc1ccccc1)NC(=O)[C@@H](NC(=O)[C@@H](N)CC(C)C)C(C)C. The van der Waals surface area contributed by atoms with Gasteiger partial charge in [-0.2, -0.15) is 0 Å². The highest BCUT2D eigenvalue weighted by Gasteiger charge is 2.30. The highest BCUT2D eigenvalue weighted by molar-refractivity contribution is 5.92. The molecule has 0 aliphatic heterocycles. The van der Waals surface area contributed by atoms with Gasteiger partial charge in [0.15, 0.2) is 0 Å². The minimum Gasteiger partial charge on any atom is -0.467 e. The van der Waals surface area contributed by atoms with Gasteiger partial charge in [0.05, 0.1) is 13.2 Å². The Morgan fingerprint density at radius 3 is 2.11 bits per heavy atom. The lowest BCUT2D eigenvalue weighted by Gasteiger charge is -2.26. The Balaban J connectivity index is 2.85.